The first-order valence-corrected chi connectivity index (χ1v) is 19.2. The summed E-state index contributed by atoms with van der Waals surface area (Å²) < 4.78 is -0.866. The molecule has 0 bridgehead atoms. The monoisotopic (exact) mass is 632 g/mol. The summed E-state index contributed by atoms with van der Waals surface area (Å²) in [7, 11) is 0. The van der Waals surface area contributed by atoms with Gasteiger partial charge >= 0.3 is 0 Å². The SMILES string of the molecule is CC1CCC2(CC1)CC1(CCC(C)CC1)C2(Cl)Cl.CCCC1CCC2(CC1)CC1(CCC(CCC)CC1)C2(Cl)Cl. The van der Waals surface area contributed by atoms with Crippen molar-refractivity contribution >= 4 is 46.4 Å². The number of hydrogen-bond donors (Lipinski definition) is 0. The topological polar surface area (TPSA) is 0 Å². The molecule has 0 radical (unpaired) electrons. The summed E-state index contributed by atoms with van der Waals surface area (Å²) in [6, 6.07) is 0. The summed E-state index contributed by atoms with van der Waals surface area (Å²) >= 11 is 28.1. The Morgan fingerprint density at radius 1 is 0.450 bits per heavy atom. The molecule has 232 valence electrons. The average molecular weight is 635 g/mol. The fraction of sp³-hybridized carbons (Fsp3) is 1.00. The van der Waals surface area contributed by atoms with Crippen LogP contribution in [0.1, 0.15) is 169 Å². The van der Waals surface area contributed by atoms with E-state index in [1.807, 2.05) is 0 Å². The lowest BCUT2D eigenvalue weighted by Crippen LogP contribution is -2.66. The molecule has 0 unspecified atom stereocenters. The standard InChI is InChI=1S/C20H34Cl2.C16H26Cl2/c1-3-5-16-7-11-18(12-8-16)15-19(20(18,21)22)13-9-17(6-4-2)10-14-19;1-12-3-7-14(8-4-12)11-15(16(14,17)18)9-5-13(2)6-10-15/h16-17H,3-15H2,1-2H3;12-13H,3-11H2,1-2H3. The number of alkyl halides is 4. The lowest BCUT2D eigenvalue weighted by atomic mass is 9.43. The molecule has 0 aromatic heterocycles. The fourth-order valence-electron chi connectivity index (χ4n) is 11.1. The lowest BCUT2D eigenvalue weighted by Gasteiger charge is -2.69. The van der Waals surface area contributed by atoms with Crippen LogP contribution >= 0.6 is 46.4 Å². The van der Waals surface area contributed by atoms with E-state index in [2.05, 4.69) is 27.7 Å². The van der Waals surface area contributed by atoms with Gasteiger partial charge in [0, 0.05) is 21.7 Å². The minimum absolute atomic E-state index is 0.262. The largest absolute Gasteiger partial charge is 0.129 e. The number of hydrogen-bond acceptors (Lipinski definition) is 0. The van der Waals surface area contributed by atoms with Gasteiger partial charge in [0.25, 0.3) is 0 Å². The van der Waals surface area contributed by atoms with Gasteiger partial charge in [0.1, 0.15) is 8.67 Å². The van der Waals surface area contributed by atoms with Crippen LogP contribution in [-0.2, 0) is 0 Å². The Hall–Kier alpha value is 1.16. The number of halogens is 4. The van der Waals surface area contributed by atoms with Crippen LogP contribution in [0.4, 0.5) is 0 Å². The molecule has 0 aliphatic heterocycles. The zero-order valence-electron chi connectivity index (χ0n) is 26.4. The Balaban J connectivity index is 0.000000164. The summed E-state index contributed by atoms with van der Waals surface area (Å²) in [6.07, 6.45) is 29.0. The molecule has 0 amide bonds. The summed E-state index contributed by atoms with van der Waals surface area (Å²) in [6.45, 7) is 9.36. The van der Waals surface area contributed by atoms with Crippen molar-refractivity contribution in [1.82, 2.24) is 0 Å². The van der Waals surface area contributed by atoms with Crippen LogP contribution in [0.2, 0.25) is 0 Å². The van der Waals surface area contributed by atoms with Crippen LogP contribution < -0.4 is 0 Å². The summed E-state index contributed by atoms with van der Waals surface area (Å²) in [5, 5.41) is 0. The van der Waals surface area contributed by atoms with Gasteiger partial charge in [-0.05, 0) is 114 Å². The maximum absolute atomic E-state index is 7.09. The fourth-order valence-corrected chi connectivity index (χ4v) is 13.1. The van der Waals surface area contributed by atoms with Crippen molar-refractivity contribution in [3.05, 3.63) is 0 Å². The van der Waals surface area contributed by atoms with E-state index >= 15 is 0 Å². The van der Waals surface area contributed by atoms with E-state index in [4.69, 9.17) is 46.4 Å². The zero-order valence-corrected chi connectivity index (χ0v) is 29.4. The lowest BCUT2D eigenvalue weighted by molar-refractivity contribution is -0.115. The van der Waals surface area contributed by atoms with Crippen LogP contribution in [0, 0.1) is 45.3 Å². The van der Waals surface area contributed by atoms with E-state index in [-0.39, 0.29) is 21.7 Å². The third-order valence-corrected chi connectivity index (χ3v) is 17.2. The highest BCUT2D eigenvalue weighted by Crippen LogP contribution is 2.78. The van der Waals surface area contributed by atoms with Crippen molar-refractivity contribution in [2.75, 3.05) is 0 Å². The second-order valence-corrected chi connectivity index (χ2v) is 19.1. The second-order valence-electron chi connectivity index (χ2n) is 16.5. The quantitative estimate of drug-likeness (QED) is 0.270. The smallest absolute Gasteiger partial charge is 0.100 e. The van der Waals surface area contributed by atoms with Crippen molar-refractivity contribution in [2.45, 2.75) is 178 Å². The van der Waals surface area contributed by atoms with Gasteiger partial charge in [0.15, 0.2) is 0 Å². The number of rotatable bonds is 4. The third kappa shape index (κ3) is 5.36. The minimum Gasteiger partial charge on any atom is -0.100 e. The first-order chi connectivity index (χ1) is 18.9. The molecule has 0 N–H and O–H groups in total. The highest BCUT2D eigenvalue weighted by atomic mass is 35.5. The third-order valence-electron chi connectivity index (χ3n) is 14.0. The predicted molar refractivity (Wildman–Crippen MR) is 177 cm³/mol. The zero-order chi connectivity index (χ0) is 28.9. The highest BCUT2D eigenvalue weighted by Gasteiger charge is 2.73. The van der Waals surface area contributed by atoms with E-state index in [0.717, 1.165) is 23.7 Å². The van der Waals surface area contributed by atoms with Crippen LogP contribution in [0.25, 0.3) is 0 Å². The molecule has 0 atom stereocenters. The molecule has 6 saturated carbocycles. The molecular weight excluding hydrogens is 574 g/mol. The molecule has 0 heterocycles. The average Bonchev–Trinajstić information content (AvgIpc) is 2.94. The van der Waals surface area contributed by atoms with Gasteiger partial charge in [-0.25, -0.2) is 0 Å². The van der Waals surface area contributed by atoms with Gasteiger partial charge in [-0.1, -0.05) is 79.1 Å². The van der Waals surface area contributed by atoms with Crippen LogP contribution in [0.15, 0.2) is 0 Å². The van der Waals surface area contributed by atoms with Crippen LogP contribution in [0.3, 0.4) is 0 Å². The van der Waals surface area contributed by atoms with Crippen molar-refractivity contribution in [2.24, 2.45) is 45.3 Å². The summed E-state index contributed by atoms with van der Waals surface area (Å²) in [5.41, 5.74) is 1.06. The second kappa shape index (κ2) is 12.2. The molecule has 0 aromatic rings. The van der Waals surface area contributed by atoms with Crippen molar-refractivity contribution in [1.29, 1.82) is 0 Å². The Labute approximate surface area is 268 Å². The van der Waals surface area contributed by atoms with Crippen LogP contribution in [0.5, 0.6) is 0 Å². The molecule has 0 aromatic carbocycles. The Kier molecular flexibility index (Phi) is 9.90. The Morgan fingerprint density at radius 3 is 0.925 bits per heavy atom. The molecule has 40 heavy (non-hydrogen) atoms. The van der Waals surface area contributed by atoms with Crippen molar-refractivity contribution < 1.29 is 0 Å². The van der Waals surface area contributed by atoms with Gasteiger partial charge in [-0.15, -0.1) is 46.4 Å². The minimum atomic E-state index is -0.436. The van der Waals surface area contributed by atoms with Gasteiger partial charge in [-0.3, -0.25) is 0 Å². The molecule has 4 spiro atoms. The van der Waals surface area contributed by atoms with E-state index in [1.54, 1.807) is 0 Å². The van der Waals surface area contributed by atoms with Gasteiger partial charge in [0.2, 0.25) is 0 Å². The first-order valence-electron chi connectivity index (χ1n) is 17.6. The molecule has 0 nitrogen and oxygen atoms in total. The van der Waals surface area contributed by atoms with Crippen molar-refractivity contribution in [3.63, 3.8) is 0 Å². The van der Waals surface area contributed by atoms with Gasteiger partial charge in [0.05, 0.1) is 0 Å². The maximum Gasteiger partial charge on any atom is 0.129 e. The van der Waals surface area contributed by atoms with E-state index in [1.165, 1.54) is 141 Å². The molecule has 4 heteroatoms. The summed E-state index contributed by atoms with van der Waals surface area (Å²) in [4.78, 5) is 0. The Morgan fingerprint density at radius 2 is 0.700 bits per heavy atom. The van der Waals surface area contributed by atoms with E-state index < -0.39 is 8.67 Å². The molecule has 6 aliphatic rings. The van der Waals surface area contributed by atoms with Crippen LogP contribution in [-0.4, -0.2) is 8.67 Å². The highest BCUT2D eigenvalue weighted by molar-refractivity contribution is 6.50. The van der Waals surface area contributed by atoms with Gasteiger partial charge < -0.3 is 0 Å². The molecule has 6 aliphatic carbocycles. The van der Waals surface area contributed by atoms with Gasteiger partial charge in [-0.2, -0.15) is 0 Å². The van der Waals surface area contributed by atoms with Crippen molar-refractivity contribution in [3.8, 4) is 0 Å². The molecule has 6 fully saturated rings. The molecule has 0 saturated heterocycles. The van der Waals surface area contributed by atoms with E-state index in [0.29, 0.717) is 0 Å². The molecule has 6 rings (SSSR count). The predicted octanol–water partition coefficient (Wildman–Crippen LogP) is 13.5. The normalized spacial score (nSPS) is 47.4. The summed E-state index contributed by atoms with van der Waals surface area (Å²) in [5.74, 6) is 3.64. The maximum atomic E-state index is 7.09. The van der Waals surface area contributed by atoms with E-state index in [9.17, 15) is 0 Å². The molecular formula is C36H60Cl4. The first kappa shape index (κ1) is 32.6. The Bertz CT molecular complexity index is 765.